The van der Waals surface area contributed by atoms with Crippen LogP contribution in [-0.2, 0) is 6.42 Å². The maximum atomic E-state index is 13.7. The first-order chi connectivity index (χ1) is 9.04. The van der Waals surface area contributed by atoms with Crippen LogP contribution in [-0.4, -0.2) is 6.04 Å². The Labute approximate surface area is 122 Å². The number of hydrogen-bond donors (Lipinski definition) is 1. The summed E-state index contributed by atoms with van der Waals surface area (Å²) < 4.78 is 14.8. The summed E-state index contributed by atoms with van der Waals surface area (Å²) in [7, 11) is 0. The number of aryl methyl sites for hydroxylation is 1. The standard InChI is InChI=1S/C16H17BrFN/c1-11-3-8-16(15(18)9-11)19-12(2)10-13-4-6-14(17)7-5-13/h3-9,12,19H,10H2,1-2H3. The van der Waals surface area contributed by atoms with Crippen molar-refractivity contribution in [3.63, 3.8) is 0 Å². The van der Waals surface area contributed by atoms with E-state index in [1.807, 2.05) is 25.1 Å². The highest BCUT2D eigenvalue weighted by atomic mass is 79.9. The lowest BCUT2D eigenvalue weighted by atomic mass is 10.1. The highest BCUT2D eigenvalue weighted by Crippen LogP contribution is 2.18. The summed E-state index contributed by atoms with van der Waals surface area (Å²) in [4.78, 5) is 0. The van der Waals surface area contributed by atoms with Crippen molar-refractivity contribution in [2.75, 3.05) is 5.32 Å². The summed E-state index contributed by atoms with van der Waals surface area (Å²) in [6.07, 6.45) is 0.862. The van der Waals surface area contributed by atoms with Crippen LogP contribution < -0.4 is 5.32 Å². The lowest BCUT2D eigenvalue weighted by Gasteiger charge is -2.16. The molecule has 19 heavy (non-hydrogen) atoms. The van der Waals surface area contributed by atoms with E-state index in [1.54, 1.807) is 12.1 Å². The van der Waals surface area contributed by atoms with Gasteiger partial charge < -0.3 is 5.32 Å². The van der Waals surface area contributed by atoms with Crippen molar-refractivity contribution in [2.45, 2.75) is 26.3 Å². The Morgan fingerprint density at radius 2 is 1.84 bits per heavy atom. The zero-order valence-corrected chi connectivity index (χ0v) is 12.7. The first kappa shape index (κ1) is 14.1. The number of hydrogen-bond acceptors (Lipinski definition) is 1. The Balaban J connectivity index is 2.01. The summed E-state index contributed by atoms with van der Waals surface area (Å²) in [5.41, 5.74) is 2.73. The average Bonchev–Trinajstić information content (AvgIpc) is 2.36. The van der Waals surface area contributed by atoms with E-state index < -0.39 is 0 Å². The first-order valence-corrected chi connectivity index (χ1v) is 7.11. The fourth-order valence-electron chi connectivity index (χ4n) is 2.03. The van der Waals surface area contributed by atoms with Gasteiger partial charge in [0.05, 0.1) is 5.69 Å². The van der Waals surface area contributed by atoms with Crippen molar-refractivity contribution in [3.05, 3.63) is 63.9 Å². The molecule has 2 rings (SSSR count). The minimum atomic E-state index is -0.192. The fraction of sp³-hybridized carbons (Fsp3) is 0.250. The smallest absolute Gasteiger partial charge is 0.146 e. The van der Waals surface area contributed by atoms with Gasteiger partial charge in [-0.25, -0.2) is 4.39 Å². The third kappa shape index (κ3) is 4.06. The molecule has 1 nitrogen and oxygen atoms in total. The van der Waals surface area contributed by atoms with Gasteiger partial charge in [0.1, 0.15) is 5.82 Å². The van der Waals surface area contributed by atoms with Crippen molar-refractivity contribution < 1.29 is 4.39 Å². The molecule has 1 unspecified atom stereocenters. The Morgan fingerprint density at radius 3 is 2.47 bits per heavy atom. The van der Waals surface area contributed by atoms with E-state index in [0.717, 1.165) is 16.5 Å². The van der Waals surface area contributed by atoms with Gasteiger partial charge in [0, 0.05) is 10.5 Å². The van der Waals surface area contributed by atoms with Gasteiger partial charge in [-0.1, -0.05) is 34.1 Å². The average molecular weight is 322 g/mol. The SMILES string of the molecule is Cc1ccc(NC(C)Cc2ccc(Br)cc2)c(F)c1. The molecule has 2 aromatic carbocycles. The first-order valence-electron chi connectivity index (χ1n) is 6.32. The topological polar surface area (TPSA) is 12.0 Å². The predicted octanol–water partition coefficient (Wildman–Crippen LogP) is 4.94. The van der Waals surface area contributed by atoms with Crippen LogP contribution in [0.2, 0.25) is 0 Å². The van der Waals surface area contributed by atoms with Gasteiger partial charge in [0.25, 0.3) is 0 Å². The highest BCUT2D eigenvalue weighted by molar-refractivity contribution is 9.10. The molecule has 1 atom stereocenters. The van der Waals surface area contributed by atoms with Gasteiger partial charge in [0.2, 0.25) is 0 Å². The molecule has 0 radical (unpaired) electrons. The molecule has 3 heteroatoms. The minimum absolute atomic E-state index is 0.179. The monoisotopic (exact) mass is 321 g/mol. The number of nitrogens with one attached hydrogen (secondary N) is 1. The predicted molar refractivity (Wildman–Crippen MR) is 82.1 cm³/mol. The maximum absolute atomic E-state index is 13.7. The van der Waals surface area contributed by atoms with E-state index in [0.29, 0.717) is 5.69 Å². The summed E-state index contributed by atoms with van der Waals surface area (Å²) in [6.45, 7) is 3.94. The Kier molecular flexibility index (Phi) is 4.59. The van der Waals surface area contributed by atoms with Crippen LogP contribution in [0.3, 0.4) is 0 Å². The second-order valence-corrected chi connectivity index (χ2v) is 5.77. The molecular weight excluding hydrogens is 305 g/mol. The minimum Gasteiger partial charge on any atom is -0.380 e. The van der Waals surface area contributed by atoms with E-state index >= 15 is 0 Å². The molecule has 2 aromatic rings. The van der Waals surface area contributed by atoms with Crippen LogP contribution in [0.4, 0.5) is 10.1 Å². The summed E-state index contributed by atoms with van der Waals surface area (Å²) in [6, 6.07) is 13.6. The van der Waals surface area contributed by atoms with Crippen molar-refractivity contribution in [3.8, 4) is 0 Å². The van der Waals surface area contributed by atoms with E-state index in [9.17, 15) is 4.39 Å². The van der Waals surface area contributed by atoms with Crippen LogP contribution in [0.15, 0.2) is 46.9 Å². The van der Waals surface area contributed by atoms with E-state index in [1.165, 1.54) is 5.56 Å². The molecule has 0 saturated carbocycles. The van der Waals surface area contributed by atoms with Gasteiger partial charge >= 0.3 is 0 Å². The summed E-state index contributed by atoms with van der Waals surface area (Å²) >= 11 is 3.42. The third-order valence-corrected chi connectivity index (χ3v) is 3.51. The zero-order valence-electron chi connectivity index (χ0n) is 11.1. The molecule has 0 bridgehead atoms. The highest BCUT2D eigenvalue weighted by Gasteiger charge is 2.07. The van der Waals surface area contributed by atoms with Gasteiger partial charge in [0.15, 0.2) is 0 Å². The van der Waals surface area contributed by atoms with Crippen LogP contribution in [0.5, 0.6) is 0 Å². The second-order valence-electron chi connectivity index (χ2n) is 4.86. The zero-order chi connectivity index (χ0) is 13.8. The Hall–Kier alpha value is -1.35. The molecule has 0 fully saturated rings. The third-order valence-electron chi connectivity index (χ3n) is 2.98. The molecule has 0 aromatic heterocycles. The number of anilines is 1. The molecule has 0 aliphatic rings. The van der Waals surface area contributed by atoms with E-state index in [2.05, 4.69) is 40.3 Å². The number of rotatable bonds is 4. The quantitative estimate of drug-likeness (QED) is 0.841. The maximum Gasteiger partial charge on any atom is 0.146 e. The van der Waals surface area contributed by atoms with Crippen LogP contribution in [0, 0.1) is 12.7 Å². The molecule has 0 saturated heterocycles. The van der Waals surface area contributed by atoms with Crippen LogP contribution in [0.1, 0.15) is 18.1 Å². The molecule has 0 aliphatic carbocycles. The van der Waals surface area contributed by atoms with Crippen molar-refractivity contribution in [1.29, 1.82) is 0 Å². The van der Waals surface area contributed by atoms with E-state index in [-0.39, 0.29) is 11.9 Å². The van der Waals surface area contributed by atoms with Gasteiger partial charge in [-0.2, -0.15) is 0 Å². The lowest BCUT2D eigenvalue weighted by Crippen LogP contribution is -2.18. The summed E-state index contributed by atoms with van der Waals surface area (Å²) in [5.74, 6) is -0.192. The number of halogens is 2. The largest absolute Gasteiger partial charge is 0.380 e. The molecule has 1 N–H and O–H groups in total. The molecular formula is C16H17BrFN. The van der Waals surface area contributed by atoms with Gasteiger partial charge in [-0.3, -0.25) is 0 Å². The molecule has 0 spiro atoms. The van der Waals surface area contributed by atoms with Crippen LogP contribution >= 0.6 is 15.9 Å². The Bertz CT molecular complexity index is 551. The normalized spacial score (nSPS) is 12.2. The van der Waals surface area contributed by atoms with E-state index in [4.69, 9.17) is 0 Å². The van der Waals surface area contributed by atoms with Crippen molar-refractivity contribution >= 4 is 21.6 Å². The number of benzene rings is 2. The van der Waals surface area contributed by atoms with Gasteiger partial charge in [-0.15, -0.1) is 0 Å². The molecule has 100 valence electrons. The Morgan fingerprint density at radius 1 is 1.16 bits per heavy atom. The fourth-order valence-corrected chi connectivity index (χ4v) is 2.29. The van der Waals surface area contributed by atoms with Crippen molar-refractivity contribution in [1.82, 2.24) is 0 Å². The molecule has 0 aliphatic heterocycles. The molecule has 0 amide bonds. The van der Waals surface area contributed by atoms with Crippen molar-refractivity contribution in [2.24, 2.45) is 0 Å². The van der Waals surface area contributed by atoms with Crippen LogP contribution in [0.25, 0.3) is 0 Å². The van der Waals surface area contributed by atoms with Gasteiger partial charge in [-0.05, 0) is 55.7 Å². The molecule has 0 heterocycles. The second kappa shape index (κ2) is 6.20. The summed E-state index contributed by atoms with van der Waals surface area (Å²) in [5, 5.41) is 3.21. The lowest BCUT2D eigenvalue weighted by molar-refractivity contribution is 0.624.